The van der Waals surface area contributed by atoms with E-state index in [0.717, 1.165) is 10.7 Å². The van der Waals surface area contributed by atoms with Crippen LogP contribution in [0.2, 0.25) is 12.0 Å². The zero-order valence-electron chi connectivity index (χ0n) is 48.9. The van der Waals surface area contributed by atoms with Gasteiger partial charge in [0.15, 0.2) is 69.2 Å². The van der Waals surface area contributed by atoms with E-state index in [2.05, 4.69) is 167 Å². The summed E-state index contributed by atoms with van der Waals surface area (Å²) in [5.74, 6) is 6.63. The molecule has 18 N–H and O–H groups in total. The quantitative estimate of drug-likeness (QED) is 0.0104. The van der Waals surface area contributed by atoms with Gasteiger partial charge in [-0.3, -0.25) is 47.4 Å². The van der Waals surface area contributed by atoms with E-state index in [4.69, 9.17) is 73.4 Å². The molecule has 13 aromatic rings. The molecule has 13 rings (SSSR count). The van der Waals surface area contributed by atoms with E-state index in [-0.39, 0.29) is 82.2 Å². The van der Waals surface area contributed by atoms with Crippen LogP contribution < -0.4 is 55.9 Å². The maximum atomic E-state index is 11.8. The molecular weight excluding hydrogens is 1570 g/mol. The minimum absolute atomic E-state index is 0.00703. The van der Waals surface area contributed by atoms with Crippen LogP contribution in [0.4, 0.5) is 35.4 Å². The number of aliphatic hydroxyl groups is 3. The molecule has 0 unspecified atom stereocenters. The molecule has 0 spiro atoms. The molecule has 0 saturated carbocycles. The summed E-state index contributed by atoms with van der Waals surface area (Å²) < 4.78 is 28.1. The molecule has 38 nitrogen and oxygen atoms in total. The van der Waals surface area contributed by atoms with Crippen molar-refractivity contribution in [1.29, 1.82) is 0 Å². The Balaban J connectivity index is 0.000000169. The summed E-state index contributed by atoms with van der Waals surface area (Å²) in [4.78, 5) is 67.3. The van der Waals surface area contributed by atoms with Crippen LogP contribution in [-0.2, 0) is 19.6 Å². The third-order valence-corrected chi connectivity index (χ3v) is 12.1. The van der Waals surface area contributed by atoms with Crippen LogP contribution in [0.3, 0.4) is 0 Å². The van der Waals surface area contributed by atoms with Crippen LogP contribution in [0, 0.1) is 0 Å². The number of nitrogens with zero attached hydrogens (tertiary/aromatic N) is 18. The van der Waals surface area contributed by atoms with Crippen molar-refractivity contribution >= 4 is 194 Å². The molecule has 95 heavy (non-hydrogen) atoms. The van der Waals surface area contributed by atoms with Crippen molar-refractivity contribution in [2.45, 2.75) is 26.5 Å². The molecule has 0 saturated heterocycles. The molecule has 2 amide bonds. The second-order valence-corrected chi connectivity index (χ2v) is 34.5. The molecular formula is C49H53BBr4ClN28O10PS. The van der Waals surface area contributed by atoms with Gasteiger partial charge in [-0.1, -0.05) is 27.5 Å². The summed E-state index contributed by atoms with van der Waals surface area (Å²) >= 11 is 22.9. The van der Waals surface area contributed by atoms with Crippen LogP contribution in [0.5, 0.6) is 0 Å². The smallest absolute Gasteiger partial charge is 0.305 e. The normalized spacial score (nSPS) is 10.6. The number of alkyl halides is 1. The minimum Gasteiger partial charge on any atom is -0.461 e. The number of anilines is 6. The molecule has 0 fully saturated rings. The molecule has 0 aliphatic heterocycles. The Morgan fingerprint density at radius 3 is 1.44 bits per heavy atom. The predicted octanol–water partition coefficient (Wildman–Crippen LogP) is 5.34. The Bertz CT molecular complexity index is 4420. The van der Waals surface area contributed by atoms with Gasteiger partial charge in [0.1, 0.15) is 9.18 Å². The van der Waals surface area contributed by atoms with Crippen molar-refractivity contribution in [3.8, 4) is 23.2 Å². The number of furan rings is 4. The Labute approximate surface area is 577 Å². The number of hydrazine groups is 3. The summed E-state index contributed by atoms with van der Waals surface area (Å²) in [6.45, 7) is 3.59. The first-order chi connectivity index (χ1) is 45.9. The van der Waals surface area contributed by atoms with Crippen molar-refractivity contribution in [1.82, 2.24) is 105 Å². The van der Waals surface area contributed by atoms with Crippen molar-refractivity contribution in [2.24, 2.45) is 5.84 Å². The van der Waals surface area contributed by atoms with Gasteiger partial charge in [0, 0.05) is 11.9 Å². The van der Waals surface area contributed by atoms with Crippen molar-refractivity contribution in [3.05, 3.63) is 114 Å². The van der Waals surface area contributed by atoms with Crippen molar-refractivity contribution in [2.75, 3.05) is 65.5 Å². The van der Waals surface area contributed by atoms with E-state index >= 15 is 0 Å². The van der Waals surface area contributed by atoms with Crippen LogP contribution in [0.15, 0.2) is 110 Å². The third kappa shape index (κ3) is 19.5. The molecule has 13 heterocycles. The number of carbonyl (C=O) groups excluding carboxylic acids is 3. The van der Waals surface area contributed by atoms with E-state index in [1.807, 2.05) is 6.82 Å². The molecule has 0 aromatic carbocycles. The largest absolute Gasteiger partial charge is 0.461 e. The molecule has 13 aromatic heterocycles. The summed E-state index contributed by atoms with van der Waals surface area (Å²) in [6, 6.07) is 13.3. The Morgan fingerprint density at radius 1 is 0.621 bits per heavy atom. The van der Waals surface area contributed by atoms with Gasteiger partial charge in [-0.15, -0.1) is 10.2 Å². The number of hydrogen-bond acceptors (Lipinski definition) is 32. The Hall–Kier alpha value is -9.08. The van der Waals surface area contributed by atoms with Gasteiger partial charge in [0.2, 0.25) is 35.4 Å². The average molecular weight is 1620 g/mol. The van der Waals surface area contributed by atoms with Crippen LogP contribution >= 0.6 is 90.1 Å². The monoisotopic (exact) mass is 1620 g/mol. The Kier molecular flexibility index (Phi) is 28.2. The second kappa shape index (κ2) is 36.6. The molecule has 0 bridgehead atoms. The number of carbonyl (C=O) groups is 3. The Morgan fingerprint density at radius 2 is 1.04 bits per heavy atom. The summed E-state index contributed by atoms with van der Waals surface area (Å²) in [7, 11) is 0. The summed E-state index contributed by atoms with van der Waals surface area (Å²) in [5.41, 5.74) is 37.9. The van der Waals surface area contributed by atoms with E-state index < -0.39 is 11.8 Å². The number of aldehydes is 1. The van der Waals surface area contributed by atoms with E-state index in [1.54, 1.807) is 76.8 Å². The number of aryl methyl sites for hydroxylation is 1. The number of amides is 2. The number of nitrogens with two attached hydrogens (primary N) is 5. The first kappa shape index (κ1) is 73.3. The van der Waals surface area contributed by atoms with E-state index in [1.165, 1.54) is 44.6 Å². The maximum Gasteiger partial charge on any atom is 0.305 e. The van der Waals surface area contributed by atoms with Crippen LogP contribution in [0.1, 0.15) is 31.5 Å². The third-order valence-electron chi connectivity index (χ3n) is 11.5. The fourth-order valence-corrected chi connectivity index (χ4v) is 8.21. The van der Waals surface area contributed by atoms with Gasteiger partial charge in [-0.2, -0.15) is 49.2 Å². The fraction of sp³-hybridized carbons (Fsp3) is 0.184. The average Bonchev–Trinajstić information content (AvgIpc) is 1.63. The van der Waals surface area contributed by atoms with Crippen LogP contribution in [0.25, 0.3) is 67.6 Å². The maximum absolute atomic E-state index is 11.8. The van der Waals surface area contributed by atoms with Crippen molar-refractivity contribution < 1.29 is 47.4 Å². The standard InChI is InChI=1S/C12H10BrN7O.C12H13N7O3.C12H11N7O2.C10H8ClN5O3.C2H8N2O.CH3BS.Br3P/c13-3-4-19-10-7(6-15-19)11-16-9(8-2-1-5-21-8)18-20(11)12(14)17-10;13-12-15-9(17-18-11(21)8-2-1-5-22-8)7-6-14-19(3-4-20)10(7)16-12;13-12-16-10-7(6-14-18(10)3-4-20)11-15-9(17-19(11)12)8-2-1-5-21-8;11-7-5(4-17)8(14-10(12)13-7)15-16-9(18)6-2-1-3-19-6;3-4-1-2-5;1-2-3;1-4(2)3/h1-2,5-6H,3-4H2,(H2,14,17);1-2,5-6,20H,3-4H2,(H,18,21)(H3,13,15,16,17);1-2,5-6,20H,3-4H2,(H2,13,16);1-4H,(H,16,18)(H3,12,13,14,15);4-5H,1-3H2;1H3;. The zero-order chi connectivity index (χ0) is 68.6. The van der Waals surface area contributed by atoms with Crippen LogP contribution in [-0.4, -0.2) is 160 Å². The number of nitrogen functional groups attached to an aromatic ring is 4. The molecule has 498 valence electrons. The fourth-order valence-electron chi connectivity index (χ4n) is 7.65. The molecule has 46 heteroatoms. The topological polar surface area (TPSA) is 546 Å². The van der Waals surface area contributed by atoms with E-state index in [0.29, 0.717) is 93.9 Å². The van der Waals surface area contributed by atoms with Gasteiger partial charge < -0.3 is 55.9 Å². The summed E-state index contributed by atoms with van der Waals surface area (Å²) in [5, 5.41) is 49.9. The minimum atomic E-state index is -0.546. The van der Waals surface area contributed by atoms with Gasteiger partial charge in [-0.05, 0) is 95.0 Å². The van der Waals surface area contributed by atoms with Gasteiger partial charge >= 0.3 is 36.8 Å². The molecule has 0 radical (unpaired) electrons. The first-order valence-corrected chi connectivity index (χ1v) is 36.1. The molecule has 0 aliphatic rings. The number of nitrogens with one attached hydrogen (secondary N) is 5. The number of aromatic nitrogens is 18. The molecule has 0 atom stereocenters. The first-order valence-electron chi connectivity index (χ1n) is 26.7. The van der Waals surface area contributed by atoms with E-state index in [9.17, 15) is 14.4 Å². The summed E-state index contributed by atoms with van der Waals surface area (Å²) in [6.07, 6.45) is 12.8. The number of fused-ring (bicyclic) bond motifs is 7. The van der Waals surface area contributed by atoms with Gasteiger partial charge in [-0.25, -0.2) is 29.0 Å². The predicted molar refractivity (Wildman–Crippen MR) is 369 cm³/mol. The zero-order valence-corrected chi connectivity index (χ0v) is 57.7. The number of hydrogen-bond donors (Lipinski definition) is 13. The number of rotatable bonds is 17. The second-order valence-electron chi connectivity index (χ2n) is 17.6. The number of halogens is 5. The van der Waals surface area contributed by atoms with Gasteiger partial charge in [0.05, 0.1) is 105 Å². The van der Waals surface area contributed by atoms with Crippen molar-refractivity contribution in [3.63, 3.8) is 0 Å². The SMILES string of the molecule is BrP(Br)Br.CB=S.NNCCO.Nc1nc(Cl)c(C=O)c(NNC(=O)c2ccco2)n1.Nc1nc(NNC(=O)c2ccco2)c2cnn(CCO)c2n1.Nc1nc2c(cnn2CCBr)c2nc(-c3ccco3)nn12.Nc1nc2c(cnn2CCO)c2nc(-c3ccco3)nn12. The number of aliphatic hydroxyl groups excluding tert-OH is 3. The van der Waals surface area contributed by atoms with Gasteiger partial charge in [0.25, 0.3) is 0 Å². The molecule has 0 aliphatic carbocycles.